The van der Waals surface area contributed by atoms with Crippen LogP contribution in [0.3, 0.4) is 0 Å². The topological polar surface area (TPSA) is 18.5 Å². The first-order valence-electron chi connectivity index (χ1n) is 5.61. The predicted octanol–water partition coefficient (Wildman–Crippen LogP) is 3.26. The molecular weight excluding hydrogens is 226 g/mol. The van der Waals surface area contributed by atoms with Crippen LogP contribution in [0.1, 0.15) is 19.4 Å². The quantitative estimate of drug-likeness (QED) is 0.733. The van der Waals surface area contributed by atoms with E-state index in [1.807, 2.05) is 30.3 Å². The Morgan fingerprint density at radius 1 is 1.12 bits per heavy atom. The van der Waals surface area contributed by atoms with Crippen molar-refractivity contribution in [3.8, 4) is 0 Å². The van der Waals surface area contributed by atoms with E-state index in [-0.39, 0.29) is 12.7 Å². The average Bonchev–Trinajstić information content (AvgIpc) is 2.28. The van der Waals surface area contributed by atoms with Crippen LogP contribution in [0.15, 0.2) is 30.3 Å². The van der Waals surface area contributed by atoms with Gasteiger partial charge in [-0.25, -0.2) is 8.78 Å². The fraction of sp³-hybridized carbons (Fsp3) is 0.538. The smallest absolute Gasteiger partial charge is 0.293 e. The van der Waals surface area contributed by atoms with Crippen LogP contribution in [0.5, 0.6) is 0 Å². The molecule has 0 aromatic heterocycles. The summed E-state index contributed by atoms with van der Waals surface area (Å²) in [5, 5.41) is 0. The van der Waals surface area contributed by atoms with Crippen LogP contribution in [0, 0.1) is 0 Å². The van der Waals surface area contributed by atoms with E-state index < -0.39 is 19.1 Å². The summed E-state index contributed by atoms with van der Waals surface area (Å²) in [6.45, 7) is 2.42. The first kappa shape index (κ1) is 14.1. The lowest BCUT2D eigenvalue weighted by molar-refractivity contribution is -0.135. The van der Waals surface area contributed by atoms with Crippen LogP contribution in [0.4, 0.5) is 8.78 Å². The summed E-state index contributed by atoms with van der Waals surface area (Å²) >= 11 is 0. The fourth-order valence-electron chi connectivity index (χ4n) is 1.22. The maximum atomic E-state index is 13.2. The first-order valence-corrected chi connectivity index (χ1v) is 5.61. The van der Waals surface area contributed by atoms with Gasteiger partial charge in [-0.15, -0.1) is 0 Å². The summed E-state index contributed by atoms with van der Waals surface area (Å²) in [7, 11) is 0. The monoisotopic (exact) mass is 244 g/mol. The maximum Gasteiger partial charge on any atom is 0.293 e. The average molecular weight is 244 g/mol. The van der Waals surface area contributed by atoms with Gasteiger partial charge in [-0.3, -0.25) is 0 Å². The molecule has 0 aliphatic heterocycles. The van der Waals surface area contributed by atoms with Gasteiger partial charge in [0.2, 0.25) is 0 Å². The highest BCUT2D eigenvalue weighted by Gasteiger charge is 2.30. The standard InChI is InChI=1S/C13H18F2O2/c1-11(2)17-10-13(14,15)9-16-8-12-6-4-3-5-7-12/h3-7,11H,8-10H2,1-2H3. The summed E-state index contributed by atoms with van der Waals surface area (Å²) in [5.41, 5.74) is 0.882. The molecule has 0 heterocycles. The molecule has 0 atom stereocenters. The van der Waals surface area contributed by atoms with E-state index in [2.05, 4.69) is 0 Å². The molecule has 17 heavy (non-hydrogen) atoms. The molecule has 0 N–H and O–H groups in total. The highest BCUT2D eigenvalue weighted by Crippen LogP contribution is 2.16. The Morgan fingerprint density at radius 3 is 2.35 bits per heavy atom. The Hall–Kier alpha value is -1.00. The van der Waals surface area contributed by atoms with E-state index in [0.717, 1.165) is 5.56 Å². The second-order valence-electron chi connectivity index (χ2n) is 4.19. The molecule has 96 valence electrons. The SMILES string of the molecule is CC(C)OCC(F)(F)COCc1ccccc1. The van der Waals surface area contributed by atoms with Crippen molar-refractivity contribution in [1.82, 2.24) is 0 Å². The molecule has 0 fully saturated rings. The summed E-state index contributed by atoms with van der Waals surface area (Å²) in [6.07, 6.45) is -0.199. The summed E-state index contributed by atoms with van der Waals surface area (Å²) in [5.74, 6) is -2.93. The van der Waals surface area contributed by atoms with E-state index in [4.69, 9.17) is 9.47 Å². The molecule has 0 bridgehead atoms. The molecule has 0 aliphatic rings. The van der Waals surface area contributed by atoms with Gasteiger partial charge in [0.05, 0.1) is 12.7 Å². The van der Waals surface area contributed by atoms with Gasteiger partial charge >= 0.3 is 0 Å². The van der Waals surface area contributed by atoms with Crippen molar-refractivity contribution in [2.45, 2.75) is 32.5 Å². The van der Waals surface area contributed by atoms with Crippen molar-refractivity contribution in [3.63, 3.8) is 0 Å². The summed E-state index contributed by atoms with van der Waals surface area (Å²) in [6, 6.07) is 9.23. The van der Waals surface area contributed by atoms with Gasteiger partial charge in [-0.05, 0) is 19.4 Å². The molecule has 0 spiro atoms. The molecule has 1 aromatic rings. The van der Waals surface area contributed by atoms with Crippen LogP contribution in [-0.2, 0) is 16.1 Å². The van der Waals surface area contributed by atoms with E-state index in [9.17, 15) is 8.78 Å². The van der Waals surface area contributed by atoms with E-state index in [1.54, 1.807) is 13.8 Å². The third-order valence-electron chi connectivity index (χ3n) is 2.05. The minimum absolute atomic E-state index is 0.193. The minimum atomic E-state index is -2.93. The Morgan fingerprint density at radius 2 is 1.76 bits per heavy atom. The first-order chi connectivity index (χ1) is 7.99. The lowest BCUT2D eigenvalue weighted by Crippen LogP contribution is -2.31. The third kappa shape index (κ3) is 6.34. The number of rotatable bonds is 7. The van der Waals surface area contributed by atoms with Crippen molar-refractivity contribution < 1.29 is 18.3 Å². The van der Waals surface area contributed by atoms with Crippen molar-refractivity contribution in [1.29, 1.82) is 0 Å². The Kier molecular flexibility index (Phi) is 5.51. The van der Waals surface area contributed by atoms with Gasteiger partial charge in [0.15, 0.2) is 0 Å². The molecule has 0 amide bonds. The third-order valence-corrected chi connectivity index (χ3v) is 2.05. The molecule has 4 heteroatoms. The van der Waals surface area contributed by atoms with E-state index in [1.165, 1.54) is 0 Å². The summed E-state index contributed by atoms with van der Waals surface area (Å²) < 4.78 is 36.3. The molecule has 1 rings (SSSR count). The van der Waals surface area contributed by atoms with Gasteiger partial charge in [0.1, 0.15) is 13.2 Å². The number of halogens is 2. The molecule has 2 nitrogen and oxygen atoms in total. The van der Waals surface area contributed by atoms with Crippen molar-refractivity contribution in [2.24, 2.45) is 0 Å². The Balaban J connectivity index is 2.25. The lowest BCUT2D eigenvalue weighted by atomic mass is 10.2. The van der Waals surface area contributed by atoms with Crippen LogP contribution in [-0.4, -0.2) is 25.2 Å². The lowest BCUT2D eigenvalue weighted by Gasteiger charge is -2.18. The summed E-state index contributed by atoms with van der Waals surface area (Å²) in [4.78, 5) is 0. The zero-order chi connectivity index (χ0) is 12.7. The van der Waals surface area contributed by atoms with Crippen LogP contribution in [0.25, 0.3) is 0 Å². The second kappa shape index (κ2) is 6.67. The molecule has 0 aliphatic carbocycles. The van der Waals surface area contributed by atoms with Gasteiger partial charge in [-0.1, -0.05) is 30.3 Å². The van der Waals surface area contributed by atoms with Gasteiger partial charge in [-0.2, -0.15) is 0 Å². The zero-order valence-electron chi connectivity index (χ0n) is 10.2. The molecule has 0 radical (unpaired) electrons. The number of alkyl halides is 2. The number of hydrogen-bond acceptors (Lipinski definition) is 2. The van der Waals surface area contributed by atoms with Crippen molar-refractivity contribution in [2.75, 3.05) is 13.2 Å². The van der Waals surface area contributed by atoms with E-state index in [0.29, 0.717) is 0 Å². The van der Waals surface area contributed by atoms with Crippen molar-refractivity contribution in [3.05, 3.63) is 35.9 Å². The van der Waals surface area contributed by atoms with Crippen LogP contribution in [0.2, 0.25) is 0 Å². The normalized spacial score (nSPS) is 12.1. The van der Waals surface area contributed by atoms with Gasteiger partial charge in [0, 0.05) is 0 Å². The molecular formula is C13H18F2O2. The Bertz CT molecular complexity index is 312. The van der Waals surface area contributed by atoms with Gasteiger partial charge in [0.25, 0.3) is 5.92 Å². The highest BCUT2D eigenvalue weighted by atomic mass is 19.3. The van der Waals surface area contributed by atoms with Crippen LogP contribution >= 0.6 is 0 Å². The number of benzene rings is 1. The molecule has 1 aromatic carbocycles. The Labute approximate surface area is 101 Å². The predicted molar refractivity (Wildman–Crippen MR) is 62.1 cm³/mol. The molecule has 0 saturated carbocycles. The van der Waals surface area contributed by atoms with Crippen LogP contribution < -0.4 is 0 Å². The van der Waals surface area contributed by atoms with Crippen molar-refractivity contribution >= 4 is 0 Å². The highest BCUT2D eigenvalue weighted by molar-refractivity contribution is 5.13. The minimum Gasteiger partial charge on any atom is -0.372 e. The maximum absolute atomic E-state index is 13.2. The number of ether oxygens (including phenoxy) is 2. The zero-order valence-corrected chi connectivity index (χ0v) is 10.2. The molecule has 0 saturated heterocycles. The molecule has 0 unspecified atom stereocenters. The fourth-order valence-corrected chi connectivity index (χ4v) is 1.22. The van der Waals surface area contributed by atoms with E-state index >= 15 is 0 Å². The number of hydrogen-bond donors (Lipinski definition) is 0. The largest absolute Gasteiger partial charge is 0.372 e. The van der Waals surface area contributed by atoms with Gasteiger partial charge < -0.3 is 9.47 Å². The second-order valence-corrected chi connectivity index (χ2v) is 4.19.